The third-order valence-electron chi connectivity index (χ3n) is 3.28. The number of carbonyl (C=O) groups excluding carboxylic acids is 1. The molecule has 0 saturated heterocycles. The molecular formula is C15H14N2OS. The van der Waals surface area contributed by atoms with Crippen molar-refractivity contribution < 1.29 is 4.79 Å². The molecule has 0 fully saturated rings. The molecule has 0 radical (unpaired) electrons. The van der Waals surface area contributed by atoms with Gasteiger partial charge >= 0.3 is 0 Å². The Labute approximate surface area is 115 Å². The topological polar surface area (TPSA) is 34.4 Å². The average Bonchev–Trinajstić information content (AvgIpc) is 2.91. The highest BCUT2D eigenvalue weighted by atomic mass is 32.1. The highest BCUT2D eigenvalue weighted by molar-refractivity contribution is 7.17. The van der Waals surface area contributed by atoms with Gasteiger partial charge in [-0.3, -0.25) is 9.20 Å². The van der Waals surface area contributed by atoms with E-state index in [-0.39, 0.29) is 0 Å². The highest BCUT2D eigenvalue weighted by Crippen LogP contribution is 2.26. The van der Waals surface area contributed by atoms with Gasteiger partial charge in [-0.15, -0.1) is 11.3 Å². The van der Waals surface area contributed by atoms with E-state index in [1.165, 1.54) is 16.0 Å². The van der Waals surface area contributed by atoms with Crippen LogP contribution in [-0.2, 0) is 6.42 Å². The molecule has 2 heterocycles. The number of nitrogens with zero attached hydrogens (tertiary/aromatic N) is 2. The van der Waals surface area contributed by atoms with Gasteiger partial charge < -0.3 is 0 Å². The van der Waals surface area contributed by atoms with Gasteiger partial charge in [0.25, 0.3) is 0 Å². The molecule has 0 N–H and O–H groups in total. The number of aryl methyl sites for hydroxylation is 2. The van der Waals surface area contributed by atoms with E-state index in [1.54, 1.807) is 17.5 Å². The van der Waals surface area contributed by atoms with Crippen molar-refractivity contribution >= 4 is 22.6 Å². The van der Waals surface area contributed by atoms with E-state index in [0.717, 1.165) is 23.4 Å². The van der Waals surface area contributed by atoms with E-state index in [9.17, 15) is 4.79 Å². The van der Waals surface area contributed by atoms with Gasteiger partial charge in [-0.2, -0.15) is 0 Å². The standard InChI is InChI=1S/C15H14N2OS/c1-10-4-3-5-12(6-10)7-14-11(2)17-13(9-18)8-16-15(17)19-14/h3-6,8-9H,7H2,1-2H3. The zero-order chi connectivity index (χ0) is 13.4. The Morgan fingerprint density at radius 1 is 1.37 bits per heavy atom. The van der Waals surface area contributed by atoms with Gasteiger partial charge in [0, 0.05) is 17.0 Å². The Balaban J connectivity index is 2.04. The lowest BCUT2D eigenvalue weighted by Gasteiger charge is -2.02. The first-order valence-corrected chi connectivity index (χ1v) is 6.97. The summed E-state index contributed by atoms with van der Waals surface area (Å²) in [5.41, 5.74) is 4.30. The molecule has 0 aliphatic rings. The van der Waals surface area contributed by atoms with Crippen LogP contribution in [0, 0.1) is 13.8 Å². The number of hydrogen-bond acceptors (Lipinski definition) is 3. The molecule has 0 amide bonds. The van der Waals surface area contributed by atoms with Gasteiger partial charge in [-0.25, -0.2) is 4.98 Å². The van der Waals surface area contributed by atoms with E-state index < -0.39 is 0 Å². The van der Waals surface area contributed by atoms with Crippen LogP contribution in [0.1, 0.15) is 32.2 Å². The summed E-state index contributed by atoms with van der Waals surface area (Å²) >= 11 is 1.65. The van der Waals surface area contributed by atoms with Gasteiger partial charge in [0.2, 0.25) is 0 Å². The molecule has 96 valence electrons. The van der Waals surface area contributed by atoms with Crippen LogP contribution in [0.25, 0.3) is 4.96 Å². The van der Waals surface area contributed by atoms with Gasteiger partial charge in [-0.05, 0) is 19.4 Å². The summed E-state index contributed by atoms with van der Waals surface area (Å²) in [5.74, 6) is 0. The Bertz CT molecular complexity index is 755. The first kappa shape index (κ1) is 12.1. The fourth-order valence-corrected chi connectivity index (χ4v) is 3.46. The van der Waals surface area contributed by atoms with Crippen LogP contribution in [0.4, 0.5) is 0 Å². The first-order valence-electron chi connectivity index (χ1n) is 6.15. The van der Waals surface area contributed by atoms with Gasteiger partial charge in [0.15, 0.2) is 11.2 Å². The second-order valence-corrected chi connectivity index (χ2v) is 5.76. The number of aromatic nitrogens is 2. The van der Waals surface area contributed by atoms with Crippen molar-refractivity contribution in [2.45, 2.75) is 20.3 Å². The zero-order valence-corrected chi connectivity index (χ0v) is 11.7. The van der Waals surface area contributed by atoms with E-state index in [2.05, 4.69) is 36.2 Å². The summed E-state index contributed by atoms with van der Waals surface area (Å²) in [6, 6.07) is 8.51. The molecule has 3 aromatic rings. The minimum absolute atomic E-state index is 0.624. The van der Waals surface area contributed by atoms with Crippen LogP contribution in [0.5, 0.6) is 0 Å². The van der Waals surface area contributed by atoms with Crippen LogP contribution < -0.4 is 0 Å². The second kappa shape index (κ2) is 4.63. The molecule has 0 saturated carbocycles. The maximum Gasteiger partial charge on any atom is 0.194 e. The monoisotopic (exact) mass is 270 g/mol. The molecule has 1 aromatic carbocycles. The quantitative estimate of drug-likeness (QED) is 0.683. The maximum atomic E-state index is 11.0. The van der Waals surface area contributed by atoms with Crippen LogP contribution in [0.2, 0.25) is 0 Å². The zero-order valence-electron chi connectivity index (χ0n) is 10.9. The maximum absolute atomic E-state index is 11.0. The fourth-order valence-electron chi connectivity index (χ4n) is 2.32. The number of benzene rings is 1. The third-order valence-corrected chi connectivity index (χ3v) is 4.43. The number of aldehydes is 1. The molecule has 0 atom stereocenters. The van der Waals surface area contributed by atoms with Crippen LogP contribution in [0.15, 0.2) is 30.5 Å². The van der Waals surface area contributed by atoms with Crippen molar-refractivity contribution in [2.24, 2.45) is 0 Å². The van der Waals surface area contributed by atoms with Gasteiger partial charge in [-0.1, -0.05) is 29.8 Å². The van der Waals surface area contributed by atoms with Crippen molar-refractivity contribution in [2.75, 3.05) is 0 Å². The number of rotatable bonds is 3. The fraction of sp³-hybridized carbons (Fsp3) is 0.200. The number of fused-ring (bicyclic) bond motifs is 1. The molecule has 3 rings (SSSR count). The first-order chi connectivity index (χ1) is 9.19. The number of imidazole rings is 1. The largest absolute Gasteiger partial charge is 0.296 e. The van der Waals surface area contributed by atoms with Crippen LogP contribution in [-0.4, -0.2) is 15.7 Å². The minimum atomic E-state index is 0.624. The summed E-state index contributed by atoms with van der Waals surface area (Å²) < 4.78 is 1.93. The van der Waals surface area contributed by atoms with Gasteiger partial charge in [0.1, 0.15) is 5.69 Å². The molecule has 3 nitrogen and oxygen atoms in total. The number of hydrogen-bond donors (Lipinski definition) is 0. The Hall–Kier alpha value is -1.94. The molecule has 0 aliphatic heterocycles. The predicted molar refractivity (Wildman–Crippen MR) is 77.2 cm³/mol. The SMILES string of the molecule is Cc1cccc(Cc2sc3ncc(C=O)n3c2C)c1. The highest BCUT2D eigenvalue weighted by Gasteiger charge is 2.13. The van der Waals surface area contributed by atoms with Gasteiger partial charge in [0.05, 0.1) is 6.20 Å². The molecule has 0 bridgehead atoms. The Kier molecular flexibility index (Phi) is 2.95. The predicted octanol–water partition coefficient (Wildman–Crippen LogP) is 3.42. The molecule has 2 aromatic heterocycles. The van der Waals surface area contributed by atoms with Crippen molar-refractivity contribution in [3.63, 3.8) is 0 Å². The molecule has 0 unspecified atom stereocenters. The van der Waals surface area contributed by atoms with Crippen molar-refractivity contribution in [3.8, 4) is 0 Å². The lowest BCUT2D eigenvalue weighted by molar-refractivity contribution is 0.111. The molecule has 4 heteroatoms. The summed E-state index contributed by atoms with van der Waals surface area (Å²) in [6.45, 7) is 4.14. The summed E-state index contributed by atoms with van der Waals surface area (Å²) in [4.78, 5) is 17.4. The lowest BCUT2D eigenvalue weighted by Crippen LogP contribution is -1.94. The summed E-state index contributed by atoms with van der Waals surface area (Å²) in [5, 5.41) is 0. The smallest absolute Gasteiger partial charge is 0.194 e. The molecule has 19 heavy (non-hydrogen) atoms. The lowest BCUT2D eigenvalue weighted by atomic mass is 10.1. The Morgan fingerprint density at radius 3 is 2.95 bits per heavy atom. The van der Waals surface area contributed by atoms with Crippen molar-refractivity contribution in [1.82, 2.24) is 9.38 Å². The second-order valence-electron chi connectivity index (χ2n) is 4.70. The molecule has 0 spiro atoms. The normalized spacial score (nSPS) is 11.1. The number of thiazole rings is 1. The average molecular weight is 270 g/mol. The van der Waals surface area contributed by atoms with Crippen molar-refractivity contribution in [3.05, 3.63) is 57.9 Å². The minimum Gasteiger partial charge on any atom is -0.296 e. The van der Waals surface area contributed by atoms with Crippen molar-refractivity contribution in [1.29, 1.82) is 0 Å². The summed E-state index contributed by atoms with van der Waals surface area (Å²) in [7, 11) is 0. The van der Waals surface area contributed by atoms with E-state index in [0.29, 0.717) is 5.69 Å². The number of carbonyl (C=O) groups is 1. The molecular weight excluding hydrogens is 256 g/mol. The van der Waals surface area contributed by atoms with E-state index in [4.69, 9.17) is 0 Å². The van der Waals surface area contributed by atoms with Crippen LogP contribution >= 0.6 is 11.3 Å². The third kappa shape index (κ3) is 2.08. The molecule has 0 aliphatic carbocycles. The van der Waals surface area contributed by atoms with E-state index >= 15 is 0 Å². The van der Waals surface area contributed by atoms with Crippen LogP contribution in [0.3, 0.4) is 0 Å². The Morgan fingerprint density at radius 2 is 2.21 bits per heavy atom. The van der Waals surface area contributed by atoms with E-state index in [1.807, 2.05) is 11.3 Å². The summed E-state index contributed by atoms with van der Waals surface area (Å²) in [6.07, 6.45) is 3.37.